The molecule has 2 aromatic rings. The summed E-state index contributed by atoms with van der Waals surface area (Å²) in [7, 11) is 0. The number of carbonyl (C=O) groups is 3. The standard InChI is InChI=1S/C26H35N5O3S/c1-19-4-3-5-20(2)25(19)28-23(32)16-30-11-13-31(14-12-30)24(33)17-29-9-6-22(7-10-29)27-26(34)21-8-15-35-18-21/h3-5,8,15,18,22H,6-7,9-14,16-17H2,1-2H3,(H,27,34)(H,28,32). The monoisotopic (exact) mass is 497 g/mol. The summed E-state index contributed by atoms with van der Waals surface area (Å²) in [6, 6.07) is 7.98. The molecule has 0 spiro atoms. The van der Waals surface area contributed by atoms with Gasteiger partial charge in [0.05, 0.1) is 13.1 Å². The first-order chi connectivity index (χ1) is 16.9. The molecule has 2 N–H and O–H groups in total. The lowest BCUT2D eigenvalue weighted by Gasteiger charge is -2.37. The van der Waals surface area contributed by atoms with Crippen LogP contribution in [0.2, 0.25) is 0 Å². The topological polar surface area (TPSA) is 85.0 Å². The first-order valence-corrected chi connectivity index (χ1v) is 13.2. The SMILES string of the molecule is Cc1cccc(C)c1NC(=O)CN1CCN(C(=O)CN2CCC(NC(=O)c3ccsc3)CC2)CC1. The Bertz CT molecular complexity index is 1010. The van der Waals surface area contributed by atoms with Gasteiger partial charge in [-0.2, -0.15) is 11.3 Å². The van der Waals surface area contributed by atoms with Gasteiger partial charge < -0.3 is 15.5 Å². The fourth-order valence-corrected chi connectivity index (χ4v) is 5.37. The summed E-state index contributed by atoms with van der Waals surface area (Å²) in [6.07, 6.45) is 1.71. The highest BCUT2D eigenvalue weighted by molar-refractivity contribution is 7.08. The van der Waals surface area contributed by atoms with Crippen molar-refractivity contribution in [2.24, 2.45) is 0 Å². The molecule has 2 fully saturated rings. The number of nitrogens with zero attached hydrogens (tertiary/aromatic N) is 3. The molecule has 0 bridgehead atoms. The first-order valence-electron chi connectivity index (χ1n) is 12.3. The number of carbonyl (C=O) groups excluding carboxylic acids is 3. The van der Waals surface area contributed by atoms with Crippen LogP contribution in [0.15, 0.2) is 35.0 Å². The number of hydrogen-bond acceptors (Lipinski definition) is 6. The number of amides is 3. The maximum atomic E-state index is 12.8. The van der Waals surface area contributed by atoms with Crippen LogP contribution in [0.4, 0.5) is 5.69 Å². The number of para-hydroxylation sites is 1. The van der Waals surface area contributed by atoms with Crippen LogP contribution in [0.3, 0.4) is 0 Å². The third-order valence-electron chi connectivity index (χ3n) is 6.90. The lowest BCUT2D eigenvalue weighted by atomic mass is 10.0. The smallest absolute Gasteiger partial charge is 0.252 e. The van der Waals surface area contributed by atoms with Gasteiger partial charge in [-0.1, -0.05) is 18.2 Å². The van der Waals surface area contributed by atoms with Crippen molar-refractivity contribution in [3.63, 3.8) is 0 Å². The van der Waals surface area contributed by atoms with Gasteiger partial charge in [0.2, 0.25) is 11.8 Å². The number of likely N-dealkylation sites (tertiary alicyclic amines) is 1. The van der Waals surface area contributed by atoms with Crippen LogP contribution in [0, 0.1) is 13.8 Å². The fraction of sp³-hybridized carbons (Fsp3) is 0.500. The Hall–Kier alpha value is -2.75. The van der Waals surface area contributed by atoms with E-state index in [1.807, 2.05) is 53.8 Å². The van der Waals surface area contributed by atoms with Crippen LogP contribution in [0.5, 0.6) is 0 Å². The van der Waals surface area contributed by atoms with Crippen LogP contribution < -0.4 is 10.6 Å². The molecule has 0 saturated carbocycles. The van der Waals surface area contributed by atoms with E-state index in [9.17, 15) is 14.4 Å². The number of rotatable bonds is 7. The van der Waals surface area contributed by atoms with Crippen molar-refractivity contribution in [2.75, 3.05) is 57.7 Å². The largest absolute Gasteiger partial charge is 0.349 e. The molecule has 8 nitrogen and oxygen atoms in total. The normalized spacial score (nSPS) is 17.8. The van der Waals surface area contributed by atoms with E-state index in [1.165, 1.54) is 11.3 Å². The van der Waals surface area contributed by atoms with E-state index in [-0.39, 0.29) is 23.8 Å². The second-order valence-corrected chi connectivity index (χ2v) is 10.3. The Labute approximate surface area is 211 Å². The highest BCUT2D eigenvalue weighted by Gasteiger charge is 2.27. The van der Waals surface area contributed by atoms with Crippen molar-refractivity contribution >= 4 is 34.7 Å². The zero-order chi connectivity index (χ0) is 24.8. The number of piperazine rings is 1. The maximum Gasteiger partial charge on any atom is 0.252 e. The summed E-state index contributed by atoms with van der Waals surface area (Å²) in [5.74, 6) is 0.114. The molecule has 1 aromatic carbocycles. The zero-order valence-electron chi connectivity index (χ0n) is 20.6. The number of anilines is 1. The van der Waals surface area contributed by atoms with E-state index < -0.39 is 0 Å². The summed E-state index contributed by atoms with van der Waals surface area (Å²) >= 11 is 1.52. The molecule has 1 aromatic heterocycles. The minimum atomic E-state index is -0.0175. The number of nitrogens with one attached hydrogen (secondary N) is 2. The van der Waals surface area contributed by atoms with Crippen LogP contribution in [0.1, 0.15) is 34.3 Å². The fourth-order valence-electron chi connectivity index (χ4n) is 4.74. The average molecular weight is 498 g/mol. The van der Waals surface area contributed by atoms with E-state index in [2.05, 4.69) is 20.4 Å². The molecule has 0 unspecified atom stereocenters. The van der Waals surface area contributed by atoms with Gasteiger partial charge in [0.1, 0.15) is 0 Å². The zero-order valence-corrected chi connectivity index (χ0v) is 21.4. The van der Waals surface area contributed by atoms with Crippen molar-refractivity contribution in [1.29, 1.82) is 0 Å². The van der Waals surface area contributed by atoms with Crippen molar-refractivity contribution in [3.05, 3.63) is 51.7 Å². The number of piperidine rings is 1. The molecule has 2 aliphatic rings. The molecule has 0 atom stereocenters. The lowest BCUT2D eigenvalue weighted by molar-refractivity contribution is -0.134. The molecule has 188 valence electrons. The molecule has 9 heteroatoms. The average Bonchev–Trinajstić information content (AvgIpc) is 3.39. The summed E-state index contributed by atoms with van der Waals surface area (Å²) < 4.78 is 0. The highest BCUT2D eigenvalue weighted by Crippen LogP contribution is 2.19. The number of benzene rings is 1. The lowest BCUT2D eigenvalue weighted by Crippen LogP contribution is -2.53. The van der Waals surface area contributed by atoms with Gasteiger partial charge in [-0.25, -0.2) is 0 Å². The van der Waals surface area contributed by atoms with Gasteiger partial charge in [-0.15, -0.1) is 0 Å². The van der Waals surface area contributed by atoms with Crippen LogP contribution in [-0.4, -0.2) is 90.8 Å². The second kappa shape index (κ2) is 11.8. The minimum Gasteiger partial charge on any atom is -0.349 e. The molecule has 0 aliphatic carbocycles. The summed E-state index contributed by atoms with van der Waals surface area (Å²) in [5.41, 5.74) is 3.72. The van der Waals surface area contributed by atoms with E-state index >= 15 is 0 Å². The Morgan fingerprint density at radius 3 is 2.20 bits per heavy atom. The molecule has 3 amide bonds. The Kier molecular flexibility index (Phi) is 8.54. The number of aryl methyl sites for hydroxylation is 2. The van der Waals surface area contributed by atoms with E-state index in [0.29, 0.717) is 39.3 Å². The van der Waals surface area contributed by atoms with Crippen molar-refractivity contribution in [1.82, 2.24) is 20.0 Å². The summed E-state index contributed by atoms with van der Waals surface area (Å²) in [6.45, 7) is 9.03. The van der Waals surface area contributed by atoms with Crippen LogP contribution in [0.25, 0.3) is 0 Å². The predicted octanol–water partition coefficient (Wildman–Crippen LogP) is 2.34. The van der Waals surface area contributed by atoms with Gasteiger partial charge in [-0.3, -0.25) is 24.2 Å². The molecular formula is C26H35N5O3S. The highest BCUT2D eigenvalue weighted by atomic mass is 32.1. The third-order valence-corrected chi connectivity index (χ3v) is 7.59. The molecule has 2 aliphatic heterocycles. The number of hydrogen-bond donors (Lipinski definition) is 2. The minimum absolute atomic E-state index is 0.0126. The van der Waals surface area contributed by atoms with E-state index in [0.717, 1.165) is 48.3 Å². The Morgan fingerprint density at radius 1 is 0.914 bits per heavy atom. The van der Waals surface area contributed by atoms with Crippen molar-refractivity contribution in [3.8, 4) is 0 Å². The van der Waals surface area contributed by atoms with E-state index in [1.54, 1.807) is 0 Å². The van der Waals surface area contributed by atoms with Gasteiger partial charge in [0.15, 0.2) is 0 Å². The number of thiophene rings is 1. The van der Waals surface area contributed by atoms with Gasteiger partial charge >= 0.3 is 0 Å². The molecular weight excluding hydrogens is 462 g/mol. The molecule has 0 radical (unpaired) electrons. The Morgan fingerprint density at radius 2 is 1.57 bits per heavy atom. The Balaban J connectivity index is 1.15. The van der Waals surface area contributed by atoms with Gasteiger partial charge in [0, 0.05) is 61.9 Å². The van der Waals surface area contributed by atoms with Crippen molar-refractivity contribution < 1.29 is 14.4 Å². The summed E-state index contributed by atoms with van der Waals surface area (Å²) in [5, 5.41) is 9.92. The maximum absolute atomic E-state index is 12.8. The van der Waals surface area contributed by atoms with Crippen LogP contribution >= 0.6 is 11.3 Å². The van der Waals surface area contributed by atoms with Gasteiger partial charge in [-0.05, 0) is 49.3 Å². The summed E-state index contributed by atoms with van der Waals surface area (Å²) in [4.78, 5) is 43.8. The van der Waals surface area contributed by atoms with Crippen LogP contribution in [-0.2, 0) is 9.59 Å². The molecule has 35 heavy (non-hydrogen) atoms. The third kappa shape index (κ3) is 6.90. The molecule has 4 rings (SSSR count). The quantitative estimate of drug-likeness (QED) is 0.614. The molecule has 3 heterocycles. The van der Waals surface area contributed by atoms with Crippen molar-refractivity contribution in [2.45, 2.75) is 32.7 Å². The first kappa shape index (κ1) is 25.3. The second-order valence-electron chi connectivity index (χ2n) is 9.51. The molecule has 2 saturated heterocycles. The predicted molar refractivity (Wildman–Crippen MR) is 139 cm³/mol. The van der Waals surface area contributed by atoms with Gasteiger partial charge in [0.25, 0.3) is 5.91 Å². The van der Waals surface area contributed by atoms with E-state index in [4.69, 9.17) is 0 Å².